The number of hydrogen-bond donors (Lipinski definition) is 2. The zero-order chi connectivity index (χ0) is 8.97. The SMILES string of the molecule is C[C@@H](CO)NC(=O)c1cnns1. The van der Waals surface area contributed by atoms with Crippen molar-refractivity contribution in [3.63, 3.8) is 0 Å². The highest BCUT2D eigenvalue weighted by Gasteiger charge is 2.10. The third-order valence-corrected chi connectivity index (χ3v) is 1.90. The molecule has 1 heterocycles. The lowest BCUT2D eigenvalue weighted by Gasteiger charge is -2.08. The Morgan fingerprint density at radius 3 is 3.17 bits per heavy atom. The van der Waals surface area contributed by atoms with E-state index in [1.807, 2.05) is 0 Å². The molecule has 1 rings (SSSR count). The average molecular weight is 187 g/mol. The van der Waals surface area contributed by atoms with Crippen LogP contribution >= 0.6 is 11.5 Å². The molecule has 12 heavy (non-hydrogen) atoms. The quantitative estimate of drug-likeness (QED) is 0.678. The van der Waals surface area contributed by atoms with E-state index in [2.05, 4.69) is 14.9 Å². The Labute approximate surface area is 73.6 Å². The van der Waals surface area contributed by atoms with E-state index in [1.54, 1.807) is 6.92 Å². The van der Waals surface area contributed by atoms with Crippen LogP contribution in [0.4, 0.5) is 0 Å². The van der Waals surface area contributed by atoms with Gasteiger partial charge in [-0.3, -0.25) is 4.79 Å². The summed E-state index contributed by atoms with van der Waals surface area (Å²) in [6, 6.07) is -0.236. The minimum absolute atomic E-state index is 0.0715. The van der Waals surface area contributed by atoms with Crippen LogP contribution in [0.1, 0.15) is 16.6 Å². The number of amides is 1. The van der Waals surface area contributed by atoms with Gasteiger partial charge in [0.05, 0.1) is 12.8 Å². The average Bonchev–Trinajstić information content (AvgIpc) is 2.56. The van der Waals surface area contributed by atoms with E-state index >= 15 is 0 Å². The van der Waals surface area contributed by atoms with E-state index in [9.17, 15) is 4.79 Å². The topological polar surface area (TPSA) is 75.1 Å². The zero-order valence-electron chi connectivity index (χ0n) is 6.52. The predicted molar refractivity (Wildman–Crippen MR) is 43.9 cm³/mol. The van der Waals surface area contributed by atoms with Crippen molar-refractivity contribution in [3.05, 3.63) is 11.1 Å². The maximum absolute atomic E-state index is 11.2. The van der Waals surface area contributed by atoms with Gasteiger partial charge in [0.1, 0.15) is 4.88 Å². The molecule has 0 aliphatic heterocycles. The number of rotatable bonds is 3. The number of carbonyl (C=O) groups excluding carboxylic acids is 1. The van der Waals surface area contributed by atoms with Gasteiger partial charge < -0.3 is 10.4 Å². The summed E-state index contributed by atoms with van der Waals surface area (Å²) < 4.78 is 3.54. The second-order valence-electron chi connectivity index (χ2n) is 2.34. The predicted octanol–water partition coefficient (Wildman–Crippen LogP) is -0.351. The Balaban J connectivity index is 2.50. The third kappa shape index (κ3) is 2.24. The summed E-state index contributed by atoms with van der Waals surface area (Å²) in [5.74, 6) is -0.244. The molecule has 0 saturated heterocycles. The van der Waals surface area contributed by atoms with Gasteiger partial charge in [-0.25, -0.2) is 0 Å². The molecule has 66 valence electrons. The van der Waals surface area contributed by atoms with Gasteiger partial charge in [0, 0.05) is 6.04 Å². The monoisotopic (exact) mass is 187 g/mol. The van der Waals surface area contributed by atoms with E-state index in [0.717, 1.165) is 11.5 Å². The van der Waals surface area contributed by atoms with Gasteiger partial charge in [0.2, 0.25) is 0 Å². The lowest BCUT2D eigenvalue weighted by Crippen LogP contribution is -2.34. The largest absolute Gasteiger partial charge is 0.394 e. The van der Waals surface area contributed by atoms with Crippen molar-refractivity contribution in [1.29, 1.82) is 0 Å². The number of hydrogen-bond acceptors (Lipinski definition) is 5. The van der Waals surface area contributed by atoms with Crippen LogP contribution in [-0.2, 0) is 0 Å². The van der Waals surface area contributed by atoms with Gasteiger partial charge in [-0.1, -0.05) is 4.49 Å². The van der Waals surface area contributed by atoms with Gasteiger partial charge in [-0.05, 0) is 18.5 Å². The van der Waals surface area contributed by atoms with E-state index in [0.29, 0.717) is 4.88 Å². The molecule has 0 saturated carbocycles. The smallest absolute Gasteiger partial charge is 0.264 e. The minimum Gasteiger partial charge on any atom is -0.394 e. The second kappa shape index (κ2) is 4.13. The van der Waals surface area contributed by atoms with Crippen LogP contribution in [0.25, 0.3) is 0 Å². The fraction of sp³-hybridized carbons (Fsp3) is 0.500. The molecule has 1 aromatic heterocycles. The van der Waals surface area contributed by atoms with Crippen molar-refractivity contribution in [3.8, 4) is 0 Å². The first-order chi connectivity index (χ1) is 5.74. The highest BCUT2D eigenvalue weighted by molar-refractivity contribution is 7.07. The number of carbonyl (C=O) groups is 1. The Kier molecular flexibility index (Phi) is 3.12. The van der Waals surface area contributed by atoms with Crippen LogP contribution in [0.3, 0.4) is 0 Å². The van der Waals surface area contributed by atoms with Crippen LogP contribution < -0.4 is 5.32 Å². The molecule has 0 radical (unpaired) electrons. The van der Waals surface area contributed by atoms with Gasteiger partial charge in [-0.15, -0.1) is 5.10 Å². The van der Waals surface area contributed by atoms with Gasteiger partial charge in [0.25, 0.3) is 5.91 Å². The second-order valence-corrected chi connectivity index (χ2v) is 3.12. The summed E-state index contributed by atoms with van der Waals surface area (Å²) in [5.41, 5.74) is 0. The molecular weight excluding hydrogens is 178 g/mol. The number of aliphatic hydroxyl groups excluding tert-OH is 1. The Morgan fingerprint density at radius 1 is 1.92 bits per heavy atom. The molecule has 0 unspecified atom stereocenters. The molecule has 1 aromatic rings. The van der Waals surface area contributed by atoms with Crippen LogP contribution in [0.5, 0.6) is 0 Å². The van der Waals surface area contributed by atoms with E-state index < -0.39 is 0 Å². The van der Waals surface area contributed by atoms with E-state index in [1.165, 1.54) is 6.20 Å². The molecule has 0 aromatic carbocycles. The lowest BCUT2D eigenvalue weighted by molar-refractivity contribution is 0.0926. The summed E-state index contributed by atoms with van der Waals surface area (Å²) in [4.78, 5) is 11.6. The molecule has 2 N–H and O–H groups in total. The fourth-order valence-corrected chi connectivity index (χ4v) is 1.03. The van der Waals surface area contributed by atoms with E-state index in [4.69, 9.17) is 5.11 Å². The number of nitrogens with one attached hydrogen (secondary N) is 1. The molecule has 1 atom stereocenters. The fourth-order valence-electron chi connectivity index (χ4n) is 0.608. The molecule has 0 bridgehead atoms. The van der Waals surface area contributed by atoms with Crippen molar-refractivity contribution in [1.82, 2.24) is 14.9 Å². The molecule has 0 fully saturated rings. The van der Waals surface area contributed by atoms with Gasteiger partial charge >= 0.3 is 0 Å². The standard InChI is InChI=1S/C6H9N3O2S/c1-4(3-10)8-6(11)5-2-7-9-12-5/h2,4,10H,3H2,1H3,(H,8,11)/t4-/m0/s1. The van der Waals surface area contributed by atoms with Crippen LogP contribution in [0.15, 0.2) is 6.20 Å². The maximum Gasteiger partial charge on any atom is 0.264 e. The van der Waals surface area contributed by atoms with E-state index in [-0.39, 0.29) is 18.6 Å². The highest BCUT2D eigenvalue weighted by Crippen LogP contribution is 2.01. The molecule has 0 aliphatic carbocycles. The summed E-state index contributed by atoms with van der Waals surface area (Å²) in [6.45, 7) is 1.64. The number of aliphatic hydroxyl groups is 1. The van der Waals surface area contributed by atoms with Crippen molar-refractivity contribution >= 4 is 17.4 Å². The van der Waals surface area contributed by atoms with Crippen molar-refractivity contribution in [2.45, 2.75) is 13.0 Å². The van der Waals surface area contributed by atoms with Crippen LogP contribution in [-0.4, -0.2) is 33.2 Å². The summed E-state index contributed by atoms with van der Waals surface area (Å²) in [7, 11) is 0. The summed E-state index contributed by atoms with van der Waals surface area (Å²) in [6.07, 6.45) is 1.39. The Morgan fingerprint density at radius 2 is 2.67 bits per heavy atom. The van der Waals surface area contributed by atoms with Gasteiger partial charge in [0.15, 0.2) is 0 Å². The van der Waals surface area contributed by atoms with Crippen molar-refractivity contribution in [2.75, 3.05) is 6.61 Å². The lowest BCUT2D eigenvalue weighted by atomic mass is 10.3. The molecule has 6 heteroatoms. The van der Waals surface area contributed by atoms with Gasteiger partial charge in [-0.2, -0.15) is 0 Å². The van der Waals surface area contributed by atoms with Crippen molar-refractivity contribution in [2.24, 2.45) is 0 Å². The molecular formula is C6H9N3O2S. The first kappa shape index (κ1) is 9.08. The molecule has 1 amide bonds. The first-order valence-corrected chi connectivity index (χ1v) is 4.20. The zero-order valence-corrected chi connectivity index (χ0v) is 7.34. The van der Waals surface area contributed by atoms with Crippen molar-refractivity contribution < 1.29 is 9.90 Å². The third-order valence-electron chi connectivity index (χ3n) is 1.24. The Hall–Kier alpha value is -1.01. The van der Waals surface area contributed by atoms with Crippen LogP contribution in [0, 0.1) is 0 Å². The molecule has 0 aliphatic rings. The highest BCUT2D eigenvalue weighted by atomic mass is 32.1. The normalized spacial score (nSPS) is 12.5. The summed E-state index contributed by atoms with van der Waals surface area (Å²) in [5, 5.41) is 14.7. The number of aromatic nitrogens is 2. The summed E-state index contributed by atoms with van der Waals surface area (Å²) >= 11 is 1.03. The number of nitrogens with zero attached hydrogens (tertiary/aromatic N) is 2. The van der Waals surface area contributed by atoms with Crippen LogP contribution in [0.2, 0.25) is 0 Å². The maximum atomic E-state index is 11.2. The first-order valence-electron chi connectivity index (χ1n) is 3.43. The Bertz CT molecular complexity index is 249. The minimum atomic E-state index is -0.244. The molecule has 5 nitrogen and oxygen atoms in total. The molecule has 0 spiro atoms.